The Morgan fingerprint density at radius 2 is 2.00 bits per heavy atom. The molecule has 106 valence electrons. The zero-order valence-electron chi connectivity index (χ0n) is 11.8. The Kier molecular flexibility index (Phi) is 2.62. The summed E-state index contributed by atoms with van der Waals surface area (Å²) in [5.74, 6) is 0. The van der Waals surface area contributed by atoms with Crippen molar-refractivity contribution < 1.29 is 9.74 Å². The second-order valence-electron chi connectivity index (χ2n) is 5.86. The molecule has 0 saturated heterocycles. The number of nitrogens with zero attached hydrogens (tertiary/aromatic N) is 2. The van der Waals surface area contributed by atoms with Crippen LogP contribution in [-0.4, -0.2) is 15.4 Å². The van der Waals surface area contributed by atoms with Gasteiger partial charge in [0.25, 0.3) is 0 Å². The van der Waals surface area contributed by atoms with Crippen LogP contribution in [0, 0.1) is 6.92 Å². The number of aryl methyl sites for hydroxylation is 1. The van der Waals surface area contributed by atoms with Crippen LogP contribution in [-0.2, 0) is 5.60 Å². The van der Waals surface area contributed by atoms with Gasteiger partial charge < -0.3 is 5.11 Å². The highest BCUT2D eigenvalue weighted by atomic mass is 16.6. The normalized spacial score (nSPS) is 16.9. The molecule has 1 N–H and O–H groups in total. The third kappa shape index (κ3) is 1.87. The second-order valence-corrected chi connectivity index (χ2v) is 5.86. The van der Waals surface area contributed by atoms with Gasteiger partial charge in [0, 0.05) is 5.56 Å². The molecule has 1 heterocycles. The summed E-state index contributed by atoms with van der Waals surface area (Å²) in [4.78, 5) is 0. The van der Waals surface area contributed by atoms with E-state index >= 15 is 0 Å². The van der Waals surface area contributed by atoms with Crippen molar-refractivity contribution in [2.45, 2.75) is 31.8 Å². The van der Waals surface area contributed by atoms with Gasteiger partial charge in [-0.05, 0) is 65.3 Å². The molecule has 0 atom stereocenters. The first kappa shape index (κ1) is 12.5. The molecule has 4 nitrogen and oxygen atoms in total. The molecule has 2 aromatic carbocycles. The van der Waals surface area contributed by atoms with E-state index in [0.29, 0.717) is 0 Å². The molecule has 1 saturated carbocycles. The zero-order valence-corrected chi connectivity index (χ0v) is 11.8. The number of fused-ring (bicyclic) bond motifs is 1. The lowest BCUT2D eigenvalue weighted by Crippen LogP contribution is -2.33. The van der Waals surface area contributed by atoms with Crippen LogP contribution in [0.25, 0.3) is 22.2 Å². The van der Waals surface area contributed by atoms with Gasteiger partial charge in [0.1, 0.15) is 11.0 Å². The summed E-state index contributed by atoms with van der Waals surface area (Å²) in [6.07, 6.45) is 2.76. The summed E-state index contributed by atoms with van der Waals surface area (Å²) >= 11 is 0. The summed E-state index contributed by atoms with van der Waals surface area (Å²) < 4.78 is 4.86. The summed E-state index contributed by atoms with van der Waals surface area (Å²) in [6.45, 7) is 2.05. The average molecular weight is 280 g/mol. The molecule has 21 heavy (non-hydrogen) atoms. The fourth-order valence-corrected chi connectivity index (χ4v) is 3.08. The maximum absolute atomic E-state index is 10.5. The Balaban J connectivity index is 1.91. The Bertz CT molecular complexity index is 819. The van der Waals surface area contributed by atoms with Gasteiger partial charge in [-0.2, -0.15) is 0 Å². The molecule has 0 radical (unpaired) electrons. The van der Waals surface area contributed by atoms with Gasteiger partial charge in [-0.15, -0.1) is 0 Å². The van der Waals surface area contributed by atoms with Crippen molar-refractivity contribution in [2.75, 3.05) is 0 Å². The highest BCUT2D eigenvalue weighted by Crippen LogP contribution is 2.42. The molecule has 1 fully saturated rings. The van der Waals surface area contributed by atoms with E-state index in [1.54, 1.807) is 0 Å². The van der Waals surface area contributed by atoms with Crippen molar-refractivity contribution in [3.8, 4) is 11.1 Å². The molecule has 0 unspecified atom stereocenters. The van der Waals surface area contributed by atoms with Crippen LogP contribution in [0.2, 0.25) is 0 Å². The third-order valence-electron chi connectivity index (χ3n) is 4.51. The van der Waals surface area contributed by atoms with Crippen molar-refractivity contribution in [3.05, 3.63) is 47.5 Å². The molecule has 0 amide bonds. The highest BCUT2D eigenvalue weighted by molar-refractivity contribution is 5.93. The number of benzene rings is 2. The first-order valence-corrected chi connectivity index (χ1v) is 7.23. The fraction of sp³-hybridized carbons (Fsp3) is 0.294. The molecule has 0 aliphatic heterocycles. The van der Waals surface area contributed by atoms with Crippen molar-refractivity contribution in [3.63, 3.8) is 0 Å². The molecule has 1 aliphatic carbocycles. The van der Waals surface area contributed by atoms with E-state index in [0.717, 1.165) is 52.5 Å². The highest BCUT2D eigenvalue weighted by Gasteiger charge is 2.36. The monoisotopic (exact) mass is 280 g/mol. The number of hydrogen-bond acceptors (Lipinski definition) is 4. The van der Waals surface area contributed by atoms with Crippen LogP contribution >= 0.6 is 0 Å². The van der Waals surface area contributed by atoms with Gasteiger partial charge in [0.2, 0.25) is 0 Å². The van der Waals surface area contributed by atoms with Gasteiger partial charge in [-0.1, -0.05) is 24.3 Å². The van der Waals surface area contributed by atoms with Gasteiger partial charge in [-0.3, -0.25) is 0 Å². The van der Waals surface area contributed by atoms with E-state index in [2.05, 4.69) is 16.4 Å². The molecule has 0 bridgehead atoms. The summed E-state index contributed by atoms with van der Waals surface area (Å²) in [6, 6.07) is 12.0. The van der Waals surface area contributed by atoms with Gasteiger partial charge in [-0.25, -0.2) is 4.63 Å². The van der Waals surface area contributed by atoms with Gasteiger partial charge >= 0.3 is 0 Å². The minimum Gasteiger partial charge on any atom is -0.385 e. The maximum atomic E-state index is 10.5. The van der Waals surface area contributed by atoms with E-state index in [9.17, 15) is 5.11 Å². The minimum atomic E-state index is -0.653. The minimum absolute atomic E-state index is 0.653. The van der Waals surface area contributed by atoms with Crippen LogP contribution in [0.1, 0.15) is 30.4 Å². The van der Waals surface area contributed by atoms with Crippen molar-refractivity contribution in [1.29, 1.82) is 0 Å². The molecule has 1 aromatic heterocycles. The maximum Gasteiger partial charge on any atom is 0.143 e. The van der Waals surface area contributed by atoms with E-state index in [1.807, 2.05) is 37.3 Å². The van der Waals surface area contributed by atoms with Crippen LogP contribution in [0.5, 0.6) is 0 Å². The lowest BCUT2D eigenvalue weighted by molar-refractivity contribution is -0.0387. The van der Waals surface area contributed by atoms with Crippen molar-refractivity contribution in [1.82, 2.24) is 10.3 Å². The Hall–Kier alpha value is -2.20. The van der Waals surface area contributed by atoms with E-state index in [4.69, 9.17) is 4.63 Å². The van der Waals surface area contributed by atoms with Crippen molar-refractivity contribution >= 4 is 11.0 Å². The second kappa shape index (κ2) is 4.40. The largest absolute Gasteiger partial charge is 0.385 e. The molecule has 1 aliphatic rings. The van der Waals surface area contributed by atoms with Gasteiger partial charge in [0.05, 0.1) is 5.60 Å². The summed E-state index contributed by atoms with van der Waals surface area (Å²) in [5, 5.41) is 18.5. The molecular weight excluding hydrogens is 264 g/mol. The van der Waals surface area contributed by atoms with Crippen LogP contribution in [0.4, 0.5) is 0 Å². The first-order valence-electron chi connectivity index (χ1n) is 7.23. The molecule has 3 aromatic rings. The lowest BCUT2D eigenvalue weighted by atomic mass is 9.74. The zero-order chi connectivity index (χ0) is 14.4. The molecule has 4 heteroatoms. The van der Waals surface area contributed by atoms with Crippen LogP contribution in [0.3, 0.4) is 0 Å². The predicted molar refractivity (Wildman–Crippen MR) is 79.7 cm³/mol. The summed E-state index contributed by atoms with van der Waals surface area (Å²) in [5.41, 5.74) is 5.05. The van der Waals surface area contributed by atoms with Crippen LogP contribution in [0.15, 0.2) is 41.0 Å². The lowest BCUT2D eigenvalue weighted by Gasteiger charge is -2.37. The standard InChI is InChI=1S/C17H16N2O2/c1-11-6-7-14-16(19-21-18-14)15(11)12-4-2-5-13(10-12)17(20)8-3-9-17/h2,4-7,10,20H,3,8-9H2,1H3. The predicted octanol–water partition coefficient (Wildman–Crippen LogP) is 3.57. The quantitative estimate of drug-likeness (QED) is 0.779. The van der Waals surface area contributed by atoms with Crippen molar-refractivity contribution in [2.24, 2.45) is 0 Å². The number of aliphatic hydroxyl groups is 1. The first-order chi connectivity index (χ1) is 10.2. The van der Waals surface area contributed by atoms with E-state index < -0.39 is 5.60 Å². The Morgan fingerprint density at radius 1 is 1.14 bits per heavy atom. The third-order valence-corrected chi connectivity index (χ3v) is 4.51. The SMILES string of the molecule is Cc1ccc2nonc2c1-c1cccc(C2(O)CCC2)c1. The Morgan fingerprint density at radius 3 is 2.76 bits per heavy atom. The molecular formula is C17H16N2O2. The van der Waals surface area contributed by atoms with E-state index in [1.165, 1.54) is 0 Å². The smallest absolute Gasteiger partial charge is 0.143 e. The van der Waals surface area contributed by atoms with E-state index in [-0.39, 0.29) is 0 Å². The average Bonchev–Trinajstić information content (AvgIpc) is 2.93. The number of rotatable bonds is 2. The van der Waals surface area contributed by atoms with Crippen LogP contribution < -0.4 is 0 Å². The summed E-state index contributed by atoms with van der Waals surface area (Å²) in [7, 11) is 0. The number of aromatic nitrogens is 2. The number of hydrogen-bond donors (Lipinski definition) is 1. The van der Waals surface area contributed by atoms with Gasteiger partial charge in [0.15, 0.2) is 0 Å². The molecule has 4 rings (SSSR count). The molecule has 0 spiro atoms. The topological polar surface area (TPSA) is 59.2 Å². The fourth-order valence-electron chi connectivity index (χ4n) is 3.08. The Labute approximate surface area is 122 Å².